The highest BCUT2D eigenvalue weighted by Gasteiger charge is 2.28. The standard InChI is InChI=1S/C22H27N5O/c1-3-25(4-2)18-11-14-26(15-12-18)22(28)19-16-24-27-20(10-13-23-21(19)27)17-8-6-5-7-9-17/h5-10,13,16,18H,3-4,11-12,14-15H2,1-2H3. The van der Waals surface area contributed by atoms with Crippen LogP contribution in [0.25, 0.3) is 16.9 Å². The Hall–Kier alpha value is -2.73. The molecule has 0 bridgehead atoms. The van der Waals surface area contributed by atoms with Gasteiger partial charge in [0.25, 0.3) is 5.91 Å². The lowest BCUT2D eigenvalue weighted by Gasteiger charge is -2.37. The molecule has 6 nitrogen and oxygen atoms in total. The average Bonchev–Trinajstić information content (AvgIpc) is 3.19. The molecule has 0 spiro atoms. The lowest BCUT2D eigenvalue weighted by Crippen LogP contribution is -2.46. The van der Waals surface area contributed by atoms with E-state index in [4.69, 9.17) is 0 Å². The molecule has 3 aromatic rings. The second-order valence-electron chi connectivity index (χ2n) is 7.23. The van der Waals surface area contributed by atoms with E-state index >= 15 is 0 Å². The number of piperidine rings is 1. The highest BCUT2D eigenvalue weighted by atomic mass is 16.2. The van der Waals surface area contributed by atoms with Crippen molar-refractivity contribution in [2.45, 2.75) is 32.7 Å². The number of rotatable bonds is 5. The number of carbonyl (C=O) groups excluding carboxylic acids is 1. The van der Waals surface area contributed by atoms with Crippen LogP contribution in [0, 0.1) is 0 Å². The number of nitrogens with zero attached hydrogens (tertiary/aromatic N) is 5. The van der Waals surface area contributed by atoms with E-state index < -0.39 is 0 Å². The highest BCUT2D eigenvalue weighted by Crippen LogP contribution is 2.23. The zero-order chi connectivity index (χ0) is 19.5. The van der Waals surface area contributed by atoms with Crippen molar-refractivity contribution in [3.63, 3.8) is 0 Å². The largest absolute Gasteiger partial charge is 0.338 e. The average molecular weight is 377 g/mol. The molecule has 0 aliphatic carbocycles. The first-order valence-corrected chi connectivity index (χ1v) is 10.1. The predicted octanol–water partition coefficient (Wildman–Crippen LogP) is 3.34. The highest BCUT2D eigenvalue weighted by molar-refractivity contribution is 6.00. The van der Waals surface area contributed by atoms with E-state index in [1.54, 1.807) is 16.9 Å². The molecule has 1 aliphatic rings. The van der Waals surface area contributed by atoms with Crippen molar-refractivity contribution in [3.05, 3.63) is 54.4 Å². The smallest absolute Gasteiger partial charge is 0.259 e. The van der Waals surface area contributed by atoms with Crippen molar-refractivity contribution in [1.82, 2.24) is 24.4 Å². The second kappa shape index (κ2) is 8.10. The summed E-state index contributed by atoms with van der Waals surface area (Å²) in [4.78, 5) is 22.1. The normalized spacial score (nSPS) is 15.5. The van der Waals surface area contributed by atoms with Gasteiger partial charge in [-0.05, 0) is 32.0 Å². The molecule has 0 radical (unpaired) electrons. The molecule has 3 heterocycles. The summed E-state index contributed by atoms with van der Waals surface area (Å²) in [5, 5.41) is 4.48. The zero-order valence-corrected chi connectivity index (χ0v) is 16.6. The fraction of sp³-hybridized carbons (Fsp3) is 0.409. The molecule has 146 valence electrons. The van der Waals surface area contributed by atoms with Crippen LogP contribution in [0.4, 0.5) is 0 Å². The Morgan fingerprint density at radius 2 is 1.82 bits per heavy atom. The lowest BCUT2D eigenvalue weighted by atomic mass is 10.0. The topological polar surface area (TPSA) is 53.7 Å². The van der Waals surface area contributed by atoms with Crippen molar-refractivity contribution >= 4 is 11.6 Å². The SMILES string of the molecule is CCN(CC)C1CCN(C(=O)c2cnn3c(-c4ccccc4)ccnc23)CC1. The van der Waals surface area contributed by atoms with Gasteiger partial charge in [0.05, 0.1) is 11.9 Å². The maximum atomic E-state index is 13.2. The Morgan fingerprint density at radius 1 is 1.11 bits per heavy atom. The Labute approximate surface area is 165 Å². The monoisotopic (exact) mass is 377 g/mol. The van der Waals surface area contributed by atoms with Gasteiger partial charge in [0.1, 0.15) is 5.56 Å². The van der Waals surface area contributed by atoms with E-state index in [-0.39, 0.29) is 5.91 Å². The van der Waals surface area contributed by atoms with Gasteiger partial charge in [0.2, 0.25) is 0 Å². The molecule has 1 fully saturated rings. The van der Waals surface area contributed by atoms with Crippen molar-refractivity contribution in [1.29, 1.82) is 0 Å². The summed E-state index contributed by atoms with van der Waals surface area (Å²) >= 11 is 0. The Morgan fingerprint density at radius 3 is 2.50 bits per heavy atom. The molecule has 4 rings (SSSR count). The van der Waals surface area contributed by atoms with E-state index in [9.17, 15) is 4.79 Å². The van der Waals surface area contributed by atoms with Crippen LogP contribution < -0.4 is 0 Å². The van der Waals surface area contributed by atoms with Crippen LogP contribution in [0.3, 0.4) is 0 Å². The predicted molar refractivity (Wildman–Crippen MR) is 110 cm³/mol. The quantitative estimate of drug-likeness (QED) is 0.684. The Bertz CT molecular complexity index is 940. The van der Waals surface area contributed by atoms with Crippen molar-refractivity contribution in [2.24, 2.45) is 0 Å². The third kappa shape index (κ3) is 3.40. The summed E-state index contributed by atoms with van der Waals surface area (Å²) < 4.78 is 1.77. The fourth-order valence-corrected chi connectivity index (χ4v) is 4.21. The molecule has 1 saturated heterocycles. The van der Waals surface area contributed by atoms with Gasteiger partial charge in [-0.1, -0.05) is 44.2 Å². The van der Waals surface area contributed by atoms with E-state index in [0.717, 1.165) is 50.3 Å². The number of aromatic nitrogens is 3. The zero-order valence-electron chi connectivity index (χ0n) is 16.6. The first kappa shape index (κ1) is 18.6. The first-order valence-electron chi connectivity index (χ1n) is 10.1. The minimum atomic E-state index is 0.0331. The molecule has 1 aliphatic heterocycles. The van der Waals surface area contributed by atoms with Crippen molar-refractivity contribution < 1.29 is 4.79 Å². The van der Waals surface area contributed by atoms with Gasteiger partial charge in [-0.25, -0.2) is 9.50 Å². The molecule has 0 unspecified atom stereocenters. The summed E-state index contributed by atoms with van der Waals surface area (Å²) in [7, 11) is 0. The van der Waals surface area contributed by atoms with Crippen LogP contribution in [-0.4, -0.2) is 62.5 Å². The summed E-state index contributed by atoms with van der Waals surface area (Å²) in [6.07, 6.45) is 5.46. The van der Waals surface area contributed by atoms with Gasteiger partial charge in [-0.2, -0.15) is 5.10 Å². The van der Waals surface area contributed by atoms with Crippen LogP contribution >= 0.6 is 0 Å². The Kier molecular flexibility index (Phi) is 5.39. The van der Waals surface area contributed by atoms with Crippen LogP contribution in [0.15, 0.2) is 48.8 Å². The van der Waals surface area contributed by atoms with Crippen LogP contribution in [-0.2, 0) is 0 Å². The van der Waals surface area contributed by atoms with Gasteiger partial charge in [-0.15, -0.1) is 0 Å². The van der Waals surface area contributed by atoms with Gasteiger partial charge in [-0.3, -0.25) is 4.79 Å². The summed E-state index contributed by atoms with van der Waals surface area (Å²) in [5.74, 6) is 0.0331. The van der Waals surface area contributed by atoms with E-state index in [1.807, 2.05) is 41.3 Å². The summed E-state index contributed by atoms with van der Waals surface area (Å²) in [5.41, 5.74) is 3.19. The first-order chi connectivity index (χ1) is 13.7. The number of benzene rings is 1. The fourth-order valence-electron chi connectivity index (χ4n) is 4.21. The van der Waals surface area contributed by atoms with Crippen molar-refractivity contribution in [2.75, 3.05) is 26.2 Å². The van der Waals surface area contributed by atoms with Gasteiger partial charge < -0.3 is 9.80 Å². The number of hydrogen-bond acceptors (Lipinski definition) is 4. The van der Waals surface area contributed by atoms with Gasteiger partial charge in [0, 0.05) is 30.9 Å². The molecular weight excluding hydrogens is 350 g/mol. The van der Waals surface area contributed by atoms with E-state index in [2.05, 4.69) is 28.8 Å². The molecule has 28 heavy (non-hydrogen) atoms. The number of hydrogen-bond donors (Lipinski definition) is 0. The van der Waals surface area contributed by atoms with Crippen LogP contribution in [0.2, 0.25) is 0 Å². The summed E-state index contributed by atoms with van der Waals surface area (Å²) in [6.45, 7) is 8.11. The lowest BCUT2D eigenvalue weighted by molar-refractivity contribution is 0.0633. The summed E-state index contributed by atoms with van der Waals surface area (Å²) in [6, 6.07) is 12.6. The van der Waals surface area contributed by atoms with Gasteiger partial charge >= 0.3 is 0 Å². The molecule has 1 amide bonds. The van der Waals surface area contributed by atoms with Crippen LogP contribution in [0.1, 0.15) is 37.0 Å². The molecule has 0 saturated carbocycles. The molecule has 0 N–H and O–H groups in total. The van der Waals surface area contributed by atoms with E-state index in [1.165, 1.54) is 0 Å². The molecule has 2 aromatic heterocycles. The molecule has 1 aromatic carbocycles. The Balaban J connectivity index is 1.56. The van der Waals surface area contributed by atoms with Gasteiger partial charge in [0.15, 0.2) is 5.65 Å². The number of carbonyl (C=O) groups is 1. The maximum absolute atomic E-state index is 13.2. The molecule has 6 heteroatoms. The number of fused-ring (bicyclic) bond motifs is 1. The minimum absolute atomic E-state index is 0.0331. The van der Waals surface area contributed by atoms with E-state index in [0.29, 0.717) is 17.3 Å². The third-order valence-electron chi connectivity index (χ3n) is 5.78. The molecule has 0 atom stereocenters. The number of likely N-dealkylation sites (tertiary alicyclic amines) is 1. The van der Waals surface area contributed by atoms with Crippen molar-refractivity contribution in [3.8, 4) is 11.3 Å². The second-order valence-corrected chi connectivity index (χ2v) is 7.23. The third-order valence-corrected chi connectivity index (χ3v) is 5.78. The minimum Gasteiger partial charge on any atom is -0.338 e. The van der Waals surface area contributed by atoms with Crippen LogP contribution in [0.5, 0.6) is 0 Å². The number of amides is 1. The maximum Gasteiger partial charge on any atom is 0.259 e. The molecular formula is C22H27N5O.